The van der Waals surface area contributed by atoms with E-state index in [-0.39, 0.29) is 12.4 Å². The first-order valence-corrected chi connectivity index (χ1v) is 6.19. The van der Waals surface area contributed by atoms with E-state index in [0.717, 1.165) is 4.47 Å². The largest absolute Gasteiger partial charge is 0.497 e. The van der Waals surface area contributed by atoms with Crippen LogP contribution in [-0.2, 0) is 6.61 Å². The monoisotopic (exact) mass is 310 g/mol. The summed E-state index contributed by atoms with van der Waals surface area (Å²) in [7, 11) is 1.51. The summed E-state index contributed by atoms with van der Waals surface area (Å²) in [6.07, 6.45) is 0. The summed E-state index contributed by atoms with van der Waals surface area (Å²) in [4.78, 5) is 0. The lowest BCUT2D eigenvalue weighted by atomic mass is 10.2. The van der Waals surface area contributed by atoms with Crippen molar-refractivity contribution in [3.05, 3.63) is 58.3 Å². The van der Waals surface area contributed by atoms with Crippen LogP contribution in [0.3, 0.4) is 0 Å². The van der Waals surface area contributed by atoms with E-state index in [1.165, 1.54) is 13.2 Å². The minimum atomic E-state index is -0.327. The molecular formula is C14H12BrFO2. The van der Waals surface area contributed by atoms with Gasteiger partial charge in [0.1, 0.15) is 23.9 Å². The molecule has 0 aliphatic heterocycles. The Morgan fingerprint density at radius 2 is 1.72 bits per heavy atom. The van der Waals surface area contributed by atoms with E-state index in [0.29, 0.717) is 17.1 Å². The van der Waals surface area contributed by atoms with Gasteiger partial charge in [-0.2, -0.15) is 0 Å². The summed E-state index contributed by atoms with van der Waals surface area (Å²) in [5, 5.41) is 0. The van der Waals surface area contributed by atoms with E-state index in [2.05, 4.69) is 15.9 Å². The molecule has 0 amide bonds. The fourth-order valence-electron chi connectivity index (χ4n) is 1.46. The van der Waals surface area contributed by atoms with Gasteiger partial charge in [-0.05, 0) is 36.4 Å². The van der Waals surface area contributed by atoms with Gasteiger partial charge >= 0.3 is 0 Å². The minimum Gasteiger partial charge on any atom is -0.497 e. The van der Waals surface area contributed by atoms with E-state index in [1.807, 2.05) is 24.3 Å². The van der Waals surface area contributed by atoms with Gasteiger partial charge in [0, 0.05) is 16.1 Å². The van der Waals surface area contributed by atoms with Gasteiger partial charge in [-0.15, -0.1) is 0 Å². The van der Waals surface area contributed by atoms with Crippen molar-refractivity contribution in [3.8, 4) is 11.5 Å². The van der Waals surface area contributed by atoms with Crippen LogP contribution in [0.25, 0.3) is 0 Å². The summed E-state index contributed by atoms with van der Waals surface area (Å²) in [5.41, 5.74) is 0.499. The average molecular weight is 311 g/mol. The third-order valence-corrected chi connectivity index (χ3v) is 3.00. The highest BCUT2D eigenvalue weighted by Crippen LogP contribution is 2.20. The van der Waals surface area contributed by atoms with Gasteiger partial charge in [0.05, 0.1) is 7.11 Å². The first-order valence-electron chi connectivity index (χ1n) is 5.40. The summed E-state index contributed by atoms with van der Waals surface area (Å²) < 4.78 is 25.1. The van der Waals surface area contributed by atoms with Crippen LogP contribution < -0.4 is 9.47 Å². The number of ether oxygens (including phenoxy) is 2. The normalized spacial score (nSPS) is 10.2. The van der Waals surface area contributed by atoms with E-state index in [4.69, 9.17) is 9.47 Å². The molecule has 2 aromatic carbocycles. The third kappa shape index (κ3) is 3.23. The van der Waals surface area contributed by atoms with Crippen molar-refractivity contribution in [2.24, 2.45) is 0 Å². The van der Waals surface area contributed by atoms with Crippen molar-refractivity contribution in [1.82, 2.24) is 0 Å². The lowest BCUT2D eigenvalue weighted by Crippen LogP contribution is -1.99. The van der Waals surface area contributed by atoms with Gasteiger partial charge in [-0.25, -0.2) is 4.39 Å². The zero-order valence-electron chi connectivity index (χ0n) is 9.82. The zero-order chi connectivity index (χ0) is 13.0. The number of methoxy groups -OCH3 is 1. The summed E-state index contributed by atoms with van der Waals surface area (Å²) in [6.45, 7) is 0.192. The minimum absolute atomic E-state index is 0.192. The molecule has 0 unspecified atom stereocenters. The van der Waals surface area contributed by atoms with Crippen LogP contribution >= 0.6 is 15.9 Å². The molecule has 0 fully saturated rings. The van der Waals surface area contributed by atoms with Gasteiger partial charge in [-0.3, -0.25) is 0 Å². The maximum Gasteiger partial charge on any atom is 0.133 e. The van der Waals surface area contributed by atoms with Gasteiger partial charge in [0.25, 0.3) is 0 Å². The summed E-state index contributed by atoms with van der Waals surface area (Å²) >= 11 is 3.34. The molecule has 0 aliphatic carbocycles. The molecule has 18 heavy (non-hydrogen) atoms. The molecule has 4 heteroatoms. The Balaban J connectivity index is 2.04. The number of rotatable bonds is 4. The van der Waals surface area contributed by atoms with Crippen LogP contribution in [0.2, 0.25) is 0 Å². The Hall–Kier alpha value is -1.55. The van der Waals surface area contributed by atoms with E-state index < -0.39 is 0 Å². The van der Waals surface area contributed by atoms with Crippen LogP contribution in [-0.4, -0.2) is 7.11 Å². The first kappa shape index (κ1) is 12.9. The first-order chi connectivity index (χ1) is 8.69. The molecule has 2 rings (SSSR count). The molecule has 2 nitrogen and oxygen atoms in total. The predicted octanol–water partition coefficient (Wildman–Crippen LogP) is 4.18. The van der Waals surface area contributed by atoms with Crippen molar-refractivity contribution in [3.63, 3.8) is 0 Å². The molecule has 0 saturated carbocycles. The molecule has 0 aliphatic rings. The Labute approximate surface area is 113 Å². The smallest absolute Gasteiger partial charge is 0.133 e. The summed E-state index contributed by atoms with van der Waals surface area (Å²) in [5.74, 6) is 0.875. The Bertz CT molecular complexity index is 526. The second-order valence-electron chi connectivity index (χ2n) is 3.70. The maximum atomic E-state index is 13.6. The van der Waals surface area contributed by atoms with Crippen molar-refractivity contribution >= 4 is 15.9 Å². The molecule has 0 spiro atoms. The van der Waals surface area contributed by atoms with Crippen LogP contribution in [0, 0.1) is 5.82 Å². The van der Waals surface area contributed by atoms with Crippen molar-refractivity contribution in [2.75, 3.05) is 7.11 Å². The van der Waals surface area contributed by atoms with Gasteiger partial charge in [0.15, 0.2) is 0 Å². The zero-order valence-corrected chi connectivity index (χ0v) is 11.4. The Morgan fingerprint density at radius 1 is 1.06 bits per heavy atom. The van der Waals surface area contributed by atoms with Gasteiger partial charge in [-0.1, -0.05) is 15.9 Å². The van der Waals surface area contributed by atoms with Crippen LogP contribution in [0.5, 0.6) is 11.5 Å². The molecule has 2 aromatic rings. The van der Waals surface area contributed by atoms with Gasteiger partial charge < -0.3 is 9.47 Å². The van der Waals surface area contributed by atoms with E-state index in [1.54, 1.807) is 12.1 Å². The second kappa shape index (κ2) is 5.87. The highest BCUT2D eigenvalue weighted by molar-refractivity contribution is 9.10. The predicted molar refractivity (Wildman–Crippen MR) is 71.4 cm³/mol. The fourth-order valence-corrected chi connectivity index (χ4v) is 1.73. The SMILES string of the molecule is COc1ccc(COc2ccc(Br)cc2)c(F)c1. The molecule has 0 atom stereocenters. The number of hydrogen-bond donors (Lipinski definition) is 0. The lowest BCUT2D eigenvalue weighted by Gasteiger charge is -2.08. The topological polar surface area (TPSA) is 18.5 Å². The molecule has 0 aromatic heterocycles. The standard InChI is InChI=1S/C14H12BrFO2/c1-17-13-5-2-10(14(16)8-13)9-18-12-6-3-11(15)4-7-12/h2-8H,9H2,1H3. The van der Waals surface area contributed by atoms with Crippen LogP contribution in [0.15, 0.2) is 46.9 Å². The Kier molecular flexibility index (Phi) is 4.20. The van der Waals surface area contributed by atoms with Crippen molar-refractivity contribution in [2.45, 2.75) is 6.61 Å². The van der Waals surface area contributed by atoms with Crippen molar-refractivity contribution in [1.29, 1.82) is 0 Å². The molecule has 0 N–H and O–H groups in total. The number of hydrogen-bond acceptors (Lipinski definition) is 2. The molecular weight excluding hydrogens is 299 g/mol. The molecule has 94 valence electrons. The average Bonchev–Trinajstić information content (AvgIpc) is 2.39. The molecule has 0 bridgehead atoms. The molecule has 0 saturated heterocycles. The number of benzene rings is 2. The number of halogens is 2. The van der Waals surface area contributed by atoms with E-state index >= 15 is 0 Å². The second-order valence-corrected chi connectivity index (χ2v) is 4.62. The van der Waals surface area contributed by atoms with Crippen molar-refractivity contribution < 1.29 is 13.9 Å². The quantitative estimate of drug-likeness (QED) is 0.843. The van der Waals surface area contributed by atoms with E-state index in [9.17, 15) is 4.39 Å². The van der Waals surface area contributed by atoms with Crippen LogP contribution in [0.1, 0.15) is 5.56 Å². The lowest BCUT2D eigenvalue weighted by molar-refractivity contribution is 0.299. The fraction of sp³-hybridized carbons (Fsp3) is 0.143. The highest BCUT2D eigenvalue weighted by atomic mass is 79.9. The Morgan fingerprint density at radius 3 is 2.33 bits per heavy atom. The summed E-state index contributed by atoms with van der Waals surface area (Å²) in [6, 6.07) is 12.1. The third-order valence-electron chi connectivity index (χ3n) is 2.47. The van der Waals surface area contributed by atoms with Gasteiger partial charge in [0.2, 0.25) is 0 Å². The molecule has 0 heterocycles. The highest BCUT2D eigenvalue weighted by Gasteiger charge is 2.04. The molecule has 0 radical (unpaired) electrons. The maximum absolute atomic E-state index is 13.6. The van der Waals surface area contributed by atoms with Crippen LogP contribution in [0.4, 0.5) is 4.39 Å².